The van der Waals surface area contributed by atoms with Gasteiger partial charge in [0, 0.05) is 0 Å². The van der Waals surface area contributed by atoms with Crippen LogP contribution in [0.3, 0.4) is 0 Å². The van der Waals surface area contributed by atoms with Gasteiger partial charge in [-0.3, -0.25) is 5.32 Å². The van der Waals surface area contributed by atoms with Gasteiger partial charge in [0.2, 0.25) is 0 Å². The lowest BCUT2D eigenvalue weighted by Gasteiger charge is -2.16. The third-order valence-corrected chi connectivity index (χ3v) is 2.60. The highest BCUT2D eigenvalue weighted by atomic mass is 16.5. The number of amides is 1. The second kappa shape index (κ2) is 4.88. The number of rotatable bonds is 2. The largest absolute Gasteiger partial charge is 0.494 e. The van der Waals surface area contributed by atoms with E-state index in [1.165, 1.54) is 7.11 Å². The summed E-state index contributed by atoms with van der Waals surface area (Å²) in [4.78, 5) is 11.2. The monoisotopic (exact) mass is 223 g/mol. The Bertz CT molecular complexity index is 413. The summed E-state index contributed by atoms with van der Waals surface area (Å²) in [6, 6.07) is 2.00. The summed E-state index contributed by atoms with van der Waals surface area (Å²) in [5, 5.41) is 2.66. The number of hydrogen-bond donors (Lipinski definition) is 1. The van der Waals surface area contributed by atoms with Crippen molar-refractivity contribution in [2.24, 2.45) is 0 Å². The fraction of sp³-hybridized carbons (Fsp3) is 0.417. The molecule has 0 fully saturated rings. The Labute approximate surface area is 95.6 Å². The number of anilines is 1. The Hall–Kier alpha value is -1.71. The Kier molecular flexibility index (Phi) is 3.77. The van der Waals surface area contributed by atoms with Gasteiger partial charge < -0.3 is 9.47 Å². The van der Waals surface area contributed by atoms with Gasteiger partial charge in [0.1, 0.15) is 5.75 Å². The van der Waals surface area contributed by atoms with Gasteiger partial charge in [-0.05, 0) is 37.5 Å². The average molecular weight is 223 g/mol. The van der Waals surface area contributed by atoms with E-state index in [1.54, 1.807) is 7.11 Å². The topological polar surface area (TPSA) is 47.6 Å². The van der Waals surface area contributed by atoms with Crippen LogP contribution in [0.1, 0.15) is 16.7 Å². The molecule has 16 heavy (non-hydrogen) atoms. The molecule has 0 unspecified atom stereocenters. The van der Waals surface area contributed by atoms with Gasteiger partial charge in [-0.2, -0.15) is 0 Å². The number of aryl methyl sites for hydroxylation is 2. The smallest absolute Gasteiger partial charge is 0.411 e. The van der Waals surface area contributed by atoms with E-state index in [0.717, 1.165) is 16.7 Å². The molecule has 1 N–H and O–H groups in total. The molecule has 0 spiro atoms. The maximum Gasteiger partial charge on any atom is 0.411 e. The van der Waals surface area contributed by atoms with Gasteiger partial charge in [-0.1, -0.05) is 6.07 Å². The number of hydrogen-bond acceptors (Lipinski definition) is 3. The molecule has 0 radical (unpaired) electrons. The van der Waals surface area contributed by atoms with Crippen molar-refractivity contribution < 1.29 is 14.3 Å². The molecule has 0 aliphatic heterocycles. The molecule has 1 amide bonds. The fourth-order valence-electron chi connectivity index (χ4n) is 1.61. The predicted molar refractivity (Wildman–Crippen MR) is 63.2 cm³/mol. The van der Waals surface area contributed by atoms with Gasteiger partial charge in [0.05, 0.1) is 19.9 Å². The first kappa shape index (κ1) is 12.4. The van der Waals surface area contributed by atoms with E-state index in [1.807, 2.05) is 26.8 Å². The molecule has 0 aromatic heterocycles. The molecule has 0 aliphatic rings. The van der Waals surface area contributed by atoms with E-state index in [0.29, 0.717) is 11.4 Å². The van der Waals surface area contributed by atoms with E-state index < -0.39 is 6.09 Å². The maximum atomic E-state index is 11.2. The Morgan fingerprint density at radius 2 is 1.81 bits per heavy atom. The van der Waals surface area contributed by atoms with E-state index in [4.69, 9.17) is 4.74 Å². The molecule has 1 aromatic carbocycles. The normalized spacial score (nSPS) is 9.81. The highest BCUT2D eigenvalue weighted by Crippen LogP contribution is 2.34. The SMILES string of the molecule is COC(=O)Nc1c(C)cc(C)c(C)c1OC. The molecule has 1 rings (SSSR count). The second-order valence-corrected chi connectivity index (χ2v) is 3.66. The van der Waals surface area contributed by atoms with Crippen molar-refractivity contribution in [1.29, 1.82) is 0 Å². The average Bonchev–Trinajstić information content (AvgIpc) is 2.26. The summed E-state index contributed by atoms with van der Waals surface area (Å²) < 4.78 is 9.89. The number of ether oxygens (including phenoxy) is 2. The zero-order chi connectivity index (χ0) is 12.3. The van der Waals surface area contributed by atoms with Crippen LogP contribution in [0.4, 0.5) is 10.5 Å². The molecule has 0 heterocycles. The van der Waals surface area contributed by atoms with Crippen LogP contribution in [-0.4, -0.2) is 20.3 Å². The van der Waals surface area contributed by atoms with Crippen molar-refractivity contribution in [3.8, 4) is 5.75 Å². The number of nitrogens with one attached hydrogen (secondary N) is 1. The molecule has 88 valence electrons. The minimum Gasteiger partial charge on any atom is -0.494 e. The van der Waals surface area contributed by atoms with Crippen molar-refractivity contribution >= 4 is 11.8 Å². The third kappa shape index (κ3) is 2.27. The quantitative estimate of drug-likeness (QED) is 0.838. The van der Waals surface area contributed by atoms with Crippen LogP contribution in [-0.2, 0) is 4.74 Å². The van der Waals surface area contributed by atoms with Crippen molar-refractivity contribution in [3.63, 3.8) is 0 Å². The summed E-state index contributed by atoms with van der Waals surface area (Å²) in [5.41, 5.74) is 3.76. The van der Waals surface area contributed by atoms with E-state index in [2.05, 4.69) is 10.1 Å². The van der Waals surface area contributed by atoms with Crippen LogP contribution in [0.2, 0.25) is 0 Å². The third-order valence-electron chi connectivity index (χ3n) is 2.60. The Morgan fingerprint density at radius 1 is 1.19 bits per heavy atom. The minimum atomic E-state index is -0.496. The van der Waals surface area contributed by atoms with Crippen LogP contribution in [0, 0.1) is 20.8 Å². The van der Waals surface area contributed by atoms with Gasteiger partial charge in [0.25, 0.3) is 0 Å². The lowest BCUT2D eigenvalue weighted by molar-refractivity contribution is 0.186. The first-order chi connectivity index (χ1) is 7.51. The molecule has 0 bridgehead atoms. The van der Waals surface area contributed by atoms with Crippen LogP contribution in [0.15, 0.2) is 6.07 Å². The van der Waals surface area contributed by atoms with Crippen molar-refractivity contribution in [1.82, 2.24) is 0 Å². The molecular formula is C12H17NO3. The van der Waals surface area contributed by atoms with Crippen LogP contribution in [0.5, 0.6) is 5.75 Å². The molecule has 0 saturated heterocycles. The van der Waals surface area contributed by atoms with Crippen molar-refractivity contribution in [2.75, 3.05) is 19.5 Å². The molecule has 4 nitrogen and oxygen atoms in total. The molecule has 4 heteroatoms. The number of methoxy groups -OCH3 is 2. The second-order valence-electron chi connectivity index (χ2n) is 3.66. The highest BCUT2D eigenvalue weighted by molar-refractivity contribution is 5.88. The minimum absolute atomic E-state index is 0.496. The van der Waals surface area contributed by atoms with E-state index in [9.17, 15) is 4.79 Å². The molecular weight excluding hydrogens is 206 g/mol. The summed E-state index contributed by atoms with van der Waals surface area (Å²) in [6.07, 6.45) is -0.496. The number of carbonyl (C=O) groups is 1. The first-order valence-electron chi connectivity index (χ1n) is 5.01. The lowest BCUT2D eigenvalue weighted by atomic mass is 10.0. The first-order valence-corrected chi connectivity index (χ1v) is 5.01. The fourth-order valence-corrected chi connectivity index (χ4v) is 1.61. The summed E-state index contributed by atoms with van der Waals surface area (Å²) in [6.45, 7) is 5.88. The van der Waals surface area contributed by atoms with Crippen LogP contribution < -0.4 is 10.1 Å². The summed E-state index contributed by atoms with van der Waals surface area (Å²) >= 11 is 0. The summed E-state index contributed by atoms with van der Waals surface area (Å²) in [5.74, 6) is 0.683. The molecule has 0 aliphatic carbocycles. The maximum absolute atomic E-state index is 11.2. The van der Waals surface area contributed by atoms with Gasteiger partial charge in [0.15, 0.2) is 0 Å². The molecule has 1 aromatic rings. The van der Waals surface area contributed by atoms with Gasteiger partial charge in [-0.15, -0.1) is 0 Å². The zero-order valence-corrected chi connectivity index (χ0v) is 10.3. The van der Waals surface area contributed by atoms with Crippen molar-refractivity contribution in [3.05, 3.63) is 22.8 Å². The zero-order valence-electron chi connectivity index (χ0n) is 10.3. The van der Waals surface area contributed by atoms with Crippen LogP contribution in [0.25, 0.3) is 0 Å². The molecule has 0 atom stereocenters. The number of carbonyl (C=O) groups excluding carboxylic acids is 1. The van der Waals surface area contributed by atoms with E-state index in [-0.39, 0.29) is 0 Å². The highest BCUT2D eigenvalue weighted by Gasteiger charge is 2.14. The molecule has 0 saturated carbocycles. The van der Waals surface area contributed by atoms with Gasteiger partial charge >= 0.3 is 6.09 Å². The Balaban J connectivity index is 3.25. The number of benzene rings is 1. The van der Waals surface area contributed by atoms with E-state index >= 15 is 0 Å². The van der Waals surface area contributed by atoms with Crippen LogP contribution >= 0.6 is 0 Å². The summed E-state index contributed by atoms with van der Waals surface area (Å²) in [7, 11) is 2.92. The Morgan fingerprint density at radius 3 is 2.31 bits per heavy atom. The van der Waals surface area contributed by atoms with Crippen molar-refractivity contribution in [2.45, 2.75) is 20.8 Å². The van der Waals surface area contributed by atoms with Gasteiger partial charge in [-0.25, -0.2) is 4.79 Å². The predicted octanol–water partition coefficient (Wildman–Crippen LogP) is 2.80. The standard InChI is InChI=1S/C12H17NO3/c1-7-6-8(2)10(13-12(14)16-5)11(15-4)9(7)3/h6H,1-5H3,(H,13,14). The lowest BCUT2D eigenvalue weighted by Crippen LogP contribution is -2.13.